The van der Waals surface area contributed by atoms with Gasteiger partial charge in [0.05, 0.1) is 5.56 Å². The van der Waals surface area contributed by atoms with Crippen molar-refractivity contribution in [2.75, 3.05) is 17.2 Å². The lowest BCUT2D eigenvalue weighted by atomic mass is 9.95. The van der Waals surface area contributed by atoms with Gasteiger partial charge < -0.3 is 15.4 Å². The first kappa shape index (κ1) is 19.6. The number of ether oxygens (including phenoxy) is 1. The highest BCUT2D eigenvalue weighted by molar-refractivity contribution is 7.17. The highest BCUT2D eigenvalue weighted by Gasteiger charge is 2.27. The van der Waals surface area contributed by atoms with Crippen LogP contribution in [0.4, 0.5) is 10.7 Å². The molecule has 4 rings (SSSR count). The molecule has 2 aliphatic carbocycles. The van der Waals surface area contributed by atoms with Crippen LogP contribution in [0.15, 0.2) is 18.2 Å². The predicted octanol–water partition coefficient (Wildman–Crippen LogP) is 3.87. The number of nitrogens with one attached hydrogen (secondary N) is 2. The second kappa shape index (κ2) is 8.37. The van der Waals surface area contributed by atoms with Gasteiger partial charge in [-0.3, -0.25) is 9.59 Å². The van der Waals surface area contributed by atoms with E-state index in [-0.39, 0.29) is 18.4 Å². The number of aryl methyl sites for hydroxylation is 3. The second-order valence-corrected chi connectivity index (χ2v) is 8.66. The van der Waals surface area contributed by atoms with Crippen molar-refractivity contribution in [3.05, 3.63) is 45.3 Å². The molecule has 6 nitrogen and oxygen atoms in total. The minimum atomic E-state index is -0.558. The van der Waals surface area contributed by atoms with Crippen molar-refractivity contribution in [2.45, 2.75) is 51.9 Å². The number of benzene rings is 1. The van der Waals surface area contributed by atoms with Crippen molar-refractivity contribution in [1.82, 2.24) is 0 Å². The lowest BCUT2D eigenvalue weighted by Gasteiger charge is -2.13. The average Bonchev–Trinajstić information content (AvgIpc) is 3.29. The highest BCUT2D eigenvalue weighted by atomic mass is 32.1. The maximum absolute atomic E-state index is 12.7. The third-order valence-electron chi connectivity index (χ3n) is 5.38. The van der Waals surface area contributed by atoms with E-state index in [1.165, 1.54) is 29.4 Å². The van der Waals surface area contributed by atoms with Crippen LogP contribution in [0.25, 0.3) is 0 Å². The summed E-state index contributed by atoms with van der Waals surface area (Å²) < 4.78 is 5.31. The smallest absolute Gasteiger partial charge is 0.341 e. The number of carbonyl (C=O) groups is 3. The van der Waals surface area contributed by atoms with E-state index in [9.17, 15) is 14.4 Å². The van der Waals surface area contributed by atoms with Gasteiger partial charge in [0, 0.05) is 17.5 Å². The SMILES string of the molecule is CC(=O)Nc1sc2c(c1C(=O)OCC(=O)Nc1ccc3c(c1)CCC3)CCCC2. The monoisotopic (exact) mass is 412 g/mol. The quantitative estimate of drug-likeness (QED) is 0.730. The van der Waals surface area contributed by atoms with E-state index in [1.54, 1.807) is 0 Å². The van der Waals surface area contributed by atoms with E-state index in [2.05, 4.69) is 10.6 Å². The molecule has 1 aromatic heterocycles. The Balaban J connectivity index is 1.42. The van der Waals surface area contributed by atoms with Crippen LogP contribution >= 0.6 is 11.3 Å². The molecule has 0 saturated carbocycles. The Morgan fingerprint density at radius 3 is 2.62 bits per heavy atom. The van der Waals surface area contributed by atoms with E-state index < -0.39 is 5.97 Å². The van der Waals surface area contributed by atoms with Crippen LogP contribution in [0.1, 0.15) is 58.1 Å². The molecule has 0 bridgehead atoms. The molecule has 0 spiro atoms. The third-order valence-corrected chi connectivity index (χ3v) is 6.59. The molecule has 152 valence electrons. The van der Waals surface area contributed by atoms with Crippen molar-refractivity contribution in [1.29, 1.82) is 0 Å². The Labute approximate surface area is 173 Å². The summed E-state index contributed by atoms with van der Waals surface area (Å²) in [4.78, 5) is 37.7. The van der Waals surface area contributed by atoms with Crippen LogP contribution in [0.2, 0.25) is 0 Å². The summed E-state index contributed by atoms with van der Waals surface area (Å²) in [5, 5.41) is 6.06. The van der Waals surface area contributed by atoms with Gasteiger partial charge in [0.2, 0.25) is 5.91 Å². The van der Waals surface area contributed by atoms with Crippen molar-refractivity contribution >= 4 is 39.8 Å². The van der Waals surface area contributed by atoms with Crippen molar-refractivity contribution < 1.29 is 19.1 Å². The number of hydrogen-bond acceptors (Lipinski definition) is 5. The van der Waals surface area contributed by atoms with Gasteiger partial charge >= 0.3 is 5.97 Å². The zero-order chi connectivity index (χ0) is 20.4. The van der Waals surface area contributed by atoms with Crippen molar-refractivity contribution in [2.24, 2.45) is 0 Å². The van der Waals surface area contributed by atoms with E-state index >= 15 is 0 Å². The zero-order valence-corrected chi connectivity index (χ0v) is 17.2. The summed E-state index contributed by atoms with van der Waals surface area (Å²) in [5.41, 5.74) is 4.68. The number of anilines is 2. The summed E-state index contributed by atoms with van der Waals surface area (Å²) in [6, 6.07) is 5.92. The molecule has 2 N–H and O–H groups in total. The summed E-state index contributed by atoms with van der Waals surface area (Å²) in [7, 11) is 0. The van der Waals surface area contributed by atoms with E-state index in [4.69, 9.17) is 4.74 Å². The standard InChI is InChI=1S/C22H24N2O4S/c1-13(25)23-21-20(17-7-2-3-8-18(17)29-21)22(27)28-12-19(26)24-16-10-9-14-5-4-6-15(14)11-16/h9-11H,2-8,12H2,1H3,(H,23,25)(H,24,26). The molecule has 0 atom stereocenters. The number of amides is 2. The Kier molecular flexibility index (Phi) is 5.67. The molecule has 29 heavy (non-hydrogen) atoms. The molecule has 1 aromatic carbocycles. The topological polar surface area (TPSA) is 84.5 Å². The molecular weight excluding hydrogens is 388 g/mol. The van der Waals surface area contributed by atoms with Crippen LogP contribution in [0.5, 0.6) is 0 Å². The molecule has 2 aromatic rings. The third kappa shape index (κ3) is 4.34. The van der Waals surface area contributed by atoms with Gasteiger partial charge in [-0.1, -0.05) is 6.07 Å². The van der Waals surface area contributed by atoms with Gasteiger partial charge in [-0.25, -0.2) is 4.79 Å². The van der Waals surface area contributed by atoms with Crippen LogP contribution in [0.3, 0.4) is 0 Å². The van der Waals surface area contributed by atoms with E-state index in [0.717, 1.165) is 61.1 Å². The summed E-state index contributed by atoms with van der Waals surface area (Å²) in [6.45, 7) is 1.05. The van der Waals surface area contributed by atoms with Crippen molar-refractivity contribution in [3.8, 4) is 0 Å². The van der Waals surface area contributed by atoms with Crippen LogP contribution in [0, 0.1) is 0 Å². The summed E-state index contributed by atoms with van der Waals surface area (Å²) in [6.07, 6.45) is 7.03. The molecule has 7 heteroatoms. The number of rotatable bonds is 5. The number of esters is 1. The van der Waals surface area contributed by atoms with Crippen LogP contribution in [-0.2, 0) is 40.0 Å². The Morgan fingerprint density at radius 1 is 1.00 bits per heavy atom. The van der Waals surface area contributed by atoms with Crippen LogP contribution < -0.4 is 10.6 Å². The maximum Gasteiger partial charge on any atom is 0.341 e. The fraction of sp³-hybridized carbons (Fsp3) is 0.409. The zero-order valence-electron chi connectivity index (χ0n) is 16.4. The summed E-state index contributed by atoms with van der Waals surface area (Å²) in [5.74, 6) is -1.16. The number of carbonyl (C=O) groups excluding carboxylic acids is 3. The lowest BCUT2D eigenvalue weighted by Crippen LogP contribution is -2.22. The second-order valence-electron chi connectivity index (χ2n) is 7.56. The molecular formula is C22H24N2O4S. The number of hydrogen-bond donors (Lipinski definition) is 2. The normalized spacial score (nSPS) is 14.7. The first-order chi connectivity index (χ1) is 14.0. The molecule has 0 unspecified atom stereocenters. The highest BCUT2D eigenvalue weighted by Crippen LogP contribution is 2.38. The van der Waals surface area contributed by atoms with Crippen LogP contribution in [-0.4, -0.2) is 24.4 Å². The van der Waals surface area contributed by atoms with Gasteiger partial charge in [0.1, 0.15) is 5.00 Å². The van der Waals surface area contributed by atoms with E-state index in [1.807, 2.05) is 18.2 Å². The molecule has 0 aliphatic heterocycles. The molecule has 1 heterocycles. The fourth-order valence-electron chi connectivity index (χ4n) is 4.08. The summed E-state index contributed by atoms with van der Waals surface area (Å²) >= 11 is 1.43. The van der Waals surface area contributed by atoms with Gasteiger partial charge in [-0.15, -0.1) is 11.3 Å². The first-order valence-electron chi connectivity index (χ1n) is 10.0. The van der Waals surface area contributed by atoms with E-state index in [0.29, 0.717) is 10.6 Å². The Hall–Kier alpha value is -2.67. The Morgan fingerprint density at radius 2 is 1.79 bits per heavy atom. The fourth-order valence-corrected chi connectivity index (χ4v) is 5.40. The largest absolute Gasteiger partial charge is 0.452 e. The van der Waals surface area contributed by atoms with Crippen molar-refractivity contribution in [3.63, 3.8) is 0 Å². The molecule has 0 radical (unpaired) electrons. The minimum Gasteiger partial charge on any atom is -0.452 e. The first-order valence-corrected chi connectivity index (χ1v) is 10.8. The molecule has 2 aliphatic rings. The number of fused-ring (bicyclic) bond motifs is 2. The average molecular weight is 413 g/mol. The molecule has 2 amide bonds. The molecule has 0 saturated heterocycles. The van der Waals surface area contributed by atoms with Gasteiger partial charge in [-0.2, -0.15) is 0 Å². The predicted molar refractivity (Wildman–Crippen MR) is 113 cm³/mol. The number of thiophene rings is 1. The van der Waals surface area contributed by atoms with Gasteiger partial charge in [0.15, 0.2) is 6.61 Å². The minimum absolute atomic E-state index is 0.230. The lowest BCUT2D eigenvalue weighted by molar-refractivity contribution is -0.119. The molecule has 0 fully saturated rings. The van der Waals surface area contributed by atoms with Gasteiger partial charge in [0.25, 0.3) is 5.91 Å². The maximum atomic E-state index is 12.7. The van der Waals surface area contributed by atoms with Gasteiger partial charge in [-0.05, 0) is 73.8 Å². The Bertz CT molecular complexity index is 979.